The Morgan fingerprint density at radius 3 is 2.46 bits per heavy atom. The van der Waals surface area contributed by atoms with Gasteiger partial charge < -0.3 is 9.73 Å². The van der Waals surface area contributed by atoms with E-state index in [9.17, 15) is 13.2 Å². The number of sulfonamides is 1. The Labute approximate surface area is 145 Å². The number of halogens is 1. The minimum atomic E-state index is -3.65. The largest absolute Gasteiger partial charge is 0.438 e. The maximum Gasteiger partial charge on any atom is 0.287 e. The van der Waals surface area contributed by atoms with E-state index in [1.165, 1.54) is 16.4 Å². The van der Waals surface area contributed by atoms with Gasteiger partial charge in [-0.25, -0.2) is 8.42 Å². The second-order valence-corrected chi connectivity index (χ2v) is 7.84. The van der Waals surface area contributed by atoms with Gasteiger partial charge in [-0.3, -0.25) is 4.79 Å². The molecule has 1 aliphatic rings. The van der Waals surface area contributed by atoms with Gasteiger partial charge in [0.05, 0.1) is 0 Å². The molecule has 0 spiro atoms. The van der Waals surface area contributed by atoms with Crippen molar-refractivity contribution in [2.45, 2.75) is 24.5 Å². The summed E-state index contributed by atoms with van der Waals surface area (Å²) in [7, 11) is -3.65. The monoisotopic (exact) mass is 368 g/mol. The standard InChI is InChI=1S/C16H17ClN2O4S/c17-13-5-3-12(4-6-13)11-18-16(20)14-7-8-15(23-14)24(21,22)19-9-1-2-10-19/h3-8H,1-2,9-11H2,(H,18,20). The van der Waals surface area contributed by atoms with E-state index < -0.39 is 15.9 Å². The lowest BCUT2D eigenvalue weighted by molar-refractivity contribution is 0.0917. The molecule has 128 valence electrons. The van der Waals surface area contributed by atoms with Crippen LogP contribution in [0, 0.1) is 0 Å². The molecule has 0 bridgehead atoms. The normalized spacial score (nSPS) is 15.5. The molecule has 1 amide bonds. The number of amides is 1. The van der Waals surface area contributed by atoms with Crippen molar-refractivity contribution >= 4 is 27.5 Å². The maximum absolute atomic E-state index is 12.4. The molecular weight excluding hydrogens is 352 g/mol. The molecule has 1 aliphatic heterocycles. The van der Waals surface area contributed by atoms with Crippen molar-refractivity contribution in [3.05, 3.63) is 52.7 Å². The Morgan fingerprint density at radius 2 is 1.79 bits per heavy atom. The molecule has 0 unspecified atom stereocenters. The number of hydrogen-bond donors (Lipinski definition) is 1. The van der Waals surface area contributed by atoms with E-state index in [1.54, 1.807) is 24.3 Å². The SMILES string of the molecule is O=C(NCc1ccc(Cl)cc1)c1ccc(S(=O)(=O)N2CCCC2)o1. The smallest absolute Gasteiger partial charge is 0.287 e. The first-order valence-electron chi connectivity index (χ1n) is 7.59. The summed E-state index contributed by atoms with van der Waals surface area (Å²) < 4.78 is 31.4. The maximum atomic E-state index is 12.4. The zero-order chi connectivity index (χ0) is 17.2. The Kier molecular flexibility index (Phi) is 4.93. The molecule has 2 aromatic rings. The lowest BCUT2D eigenvalue weighted by atomic mass is 10.2. The molecule has 1 aromatic carbocycles. The van der Waals surface area contributed by atoms with E-state index in [1.807, 2.05) is 0 Å². The molecule has 0 aliphatic carbocycles. The van der Waals surface area contributed by atoms with E-state index in [2.05, 4.69) is 5.32 Å². The Morgan fingerprint density at radius 1 is 1.12 bits per heavy atom. The van der Waals surface area contributed by atoms with Gasteiger partial charge in [0.25, 0.3) is 15.9 Å². The first-order valence-corrected chi connectivity index (χ1v) is 9.41. The van der Waals surface area contributed by atoms with Gasteiger partial charge in [-0.1, -0.05) is 23.7 Å². The molecule has 1 aromatic heterocycles. The number of nitrogens with one attached hydrogen (secondary N) is 1. The van der Waals surface area contributed by atoms with Crippen molar-refractivity contribution in [1.29, 1.82) is 0 Å². The fraction of sp³-hybridized carbons (Fsp3) is 0.312. The molecule has 2 heterocycles. The van der Waals surface area contributed by atoms with Crippen LogP contribution >= 0.6 is 11.6 Å². The van der Waals surface area contributed by atoms with E-state index >= 15 is 0 Å². The second-order valence-electron chi connectivity index (χ2n) is 5.54. The first-order chi connectivity index (χ1) is 11.5. The molecule has 0 atom stereocenters. The molecule has 0 saturated carbocycles. The zero-order valence-electron chi connectivity index (χ0n) is 12.9. The van der Waals surface area contributed by atoms with Crippen LogP contribution in [0.15, 0.2) is 45.9 Å². The number of rotatable bonds is 5. The summed E-state index contributed by atoms with van der Waals surface area (Å²) in [5.41, 5.74) is 0.879. The van der Waals surface area contributed by atoms with Gasteiger partial charge in [0.2, 0.25) is 5.09 Å². The van der Waals surface area contributed by atoms with E-state index in [4.69, 9.17) is 16.0 Å². The lowest BCUT2D eigenvalue weighted by Crippen LogP contribution is -2.27. The van der Waals surface area contributed by atoms with Crippen molar-refractivity contribution < 1.29 is 17.6 Å². The average Bonchev–Trinajstić information content (AvgIpc) is 3.26. The van der Waals surface area contributed by atoms with Gasteiger partial charge >= 0.3 is 0 Å². The van der Waals surface area contributed by atoms with Crippen LogP contribution < -0.4 is 5.32 Å². The number of hydrogen-bond acceptors (Lipinski definition) is 4. The van der Waals surface area contributed by atoms with Gasteiger partial charge in [-0.15, -0.1) is 0 Å². The van der Waals surface area contributed by atoms with E-state index in [0.29, 0.717) is 24.7 Å². The quantitative estimate of drug-likeness (QED) is 0.879. The topological polar surface area (TPSA) is 79.6 Å². The van der Waals surface area contributed by atoms with Crippen LogP contribution in [0.3, 0.4) is 0 Å². The third-order valence-electron chi connectivity index (χ3n) is 3.83. The number of furan rings is 1. The molecule has 1 saturated heterocycles. The van der Waals surface area contributed by atoms with Gasteiger partial charge in [0.15, 0.2) is 5.76 Å². The van der Waals surface area contributed by atoms with Crippen LogP contribution in [0.1, 0.15) is 29.0 Å². The van der Waals surface area contributed by atoms with Crippen LogP contribution in [0.2, 0.25) is 5.02 Å². The summed E-state index contributed by atoms with van der Waals surface area (Å²) in [5, 5.41) is 3.11. The number of carbonyl (C=O) groups excluding carboxylic acids is 1. The van der Waals surface area contributed by atoms with Crippen LogP contribution in [0.25, 0.3) is 0 Å². The molecule has 0 radical (unpaired) electrons. The Bertz CT molecular complexity index is 824. The van der Waals surface area contributed by atoms with Crippen LogP contribution in [-0.2, 0) is 16.6 Å². The van der Waals surface area contributed by atoms with Crippen molar-refractivity contribution in [1.82, 2.24) is 9.62 Å². The summed E-state index contributed by atoms with van der Waals surface area (Å²) >= 11 is 5.81. The van der Waals surface area contributed by atoms with Crippen molar-refractivity contribution in [3.63, 3.8) is 0 Å². The third-order valence-corrected chi connectivity index (χ3v) is 5.86. The molecular formula is C16H17ClN2O4S. The van der Waals surface area contributed by atoms with E-state index in [0.717, 1.165) is 18.4 Å². The van der Waals surface area contributed by atoms with Crippen LogP contribution in [0.4, 0.5) is 0 Å². The van der Waals surface area contributed by atoms with Gasteiger partial charge in [-0.2, -0.15) is 4.31 Å². The third kappa shape index (κ3) is 3.63. The minimum absolute atomic E-state index is 0.0262. The summed E-state index contributed by atoms with van der Waals surface area (Å²) in [4.78, 5) is 12.1. The predicted octanol–water partition coefficient (Wildman–Crippen LogP) is 2.65. The molecule has 1 N–H and O–H groups in total. The van der Waals surface area contributed by atoms with Gasteiger partial charge in [0, 0.05) is 24.7 Å². The van der Waals surface area contributed by atoms with E-state index in [-0.39, 0.29) is 10.9 Å². The van der Waals surface area contributed by atoms with Crippen LogP contribution in [0.5, 0.6) is 0 Å². The summed E-state index contributed by atoms with van der Waals surface area (Å²) in [6.45, 7) is 1.27. The number of carbonyl (C=O) groups is 1. The molecule has 24 heavy (non-hydrogen) atoms. The highest BCUT2D eigenvalue weighted by Crippen LogP contribution is 2.22. The van der Waals surface area contributed by atoms with Crippen molar-refractivity contribution in [3.8, 4) is 0 Å². The van der Waals surface area contributed by atoms with Gasteiger partial charge in [-0.05, 0) is 42.7 Å². The zero-order valence-corrected chi connectivity index (χ0v) is 14.4. The van der Waals surface area contributed by atoms with Crippen molar-refractivity contribution in [2.75, 3.05) is 13.1 Å². The fourth-order valence-corrected chi connectivity index (χ4v) is 4.06. The molecule has 3 rings (SSSR count). The number of nitrogens with zero attached hydrogens (tertiary/aromatic N) is 1. The Balaban J connectivity index is 1.66. The molecule has 1 fully saturated rings. The highest BCUT2D eigenvalue weighted by atomic mass is 35.5. The highest BCUT2D eigenvalue weighted by Gasteiger charge is 2.30. The lowest BCUT2D eigenvalue weighted by Gasteiger charge is -2.12. The van der Waals surface area contributed by atoms with Crippen molar-refractivity contribution in [2.24, 2.45) is 0 Å². The first kappa shape index (κ1) is 17.0. The minimum Gasteiger partial charge on any atom is -0.438 e. The summed E-state index contributed by atoms with van der Waals surface area (Å²) in [6.07, 6.45) is 1.68. The molecule has 8 heteroatoms. The second kappa shape index (κ2) is 6.96. The molecule has 6 nitrogen and oxygen atoms in total. The van der Waals surface area contributed by atoms with Gasteiger partial charge in [0.1, 0.15) is 0 Å². The van der Waals surface area contributed by atoms with Crippen LogP contribution in [-0.4, -0.2) is 31.7 Å². The highest BCUT2D eigenvalue weighted by molar-refractivity contribution is 7.89. The average molecular weight is 369 g/mol. The predicted molar refractivity (Wildman–Crippen MR) is 89.3 cm³/mol. The fourth-order valence-electron chi connectivity index (χ4n) is 2.51. The summed E-state index contributed by atoms with van der Waals surface area (Å²) in [6, 6.07) is 9.76. The number of benzene rings is 1. The Hall–Kier alpha value is -1.83. The summed E-state index contributed by atoms with van der Waals surface area (Å²) in [5.74, 6) is -0.491.